The summed E-state index contributed by atoms with van der Waals surface area (Å²) in [7, 11) is -0.184. The summed E-state index contributed by atoms with van der Waals surface area (Å²) < 4.78 is 16.4. The first-order valence-corrected chi connectivity index (χ1v) is 12.7. The Hall–Kier alpha value is -3.70. The molecule has 35 heavy (non-hydrogen) atoms. The molecule has 0 aliphatic heterocycles. The van der Waals surface area contributed by atoms with Gasteiger partial charge in [0.05, 0.1) is 10.9 Å². The van der Waals surface area contributed by atoms with Gasteiger partial charge in [0.2, 0.25) is 0 Å². The average molecular weight is 486 g/mol. The maximum absolute atomic E-state index is 11.8. The Morgan fingerprint density at radius 1 is 0.657 bits per heavy atom. The van der Waals surface area contributed by atoms with Crippen LogP contribution >= 0.6 is 0 Å². The molecule has 178 valence electrons. The van der Waals surface area contributed by atoms with Crippen LogP contribution in [0.25, 0.3) is 0 Å². The zero-order chi connectivity index (χ0) is 24.7. The average Bonchev–Trinajstić information content (AvgIpc) is 2.85. The second-order valence-corrected chi connectivity index (χ2v) is 10.9. The van der Waals surface area contributed by atoms with E-state index in [2.05, 4.69) is 60.7 Å². The van der Waals surface area contributed by atoms with Crippen LogP contribution in [-0.2, 0) is 22.2 Å². The van der Waals surface area contributed by atoms with Crippen molar-refractivity contribution in [1.29, 1.82) is 0 Å². The van der Waals surface area contributed by atoms with E-state index in [-0.39, 0.29) is 10.9 Å². The zero-order valence-electron chi connectivity index (χ0n) is 20.1. The molecular formula is C30H29O4S+. The smallest absolute Gasteiger partial charge is 0.489 e. The highest BCUT2D eigenvalue weighted by atomic mass is 32.2. The minimum Gasteiger partial charge on any atom is -0.489 e. The van der Waals surface area contributed by atoms with Crippen LogP contribution in [0.2, 0.25) is 0 Å². The SMILES string of the molecule is CC(C)(C)OC(=O)Oc1ccc(COc2ccc([S+](c3ccccc3)c3ccccc3)cc2)cc1. The van der Waals surface area contributed by atoms with E-state index in [1.54, 1.807) is 32.9 Å². The lowest BCUT2D eigenvalue weighted by Gasteiger charge is -2.18. The molecule has 0 amide bonds. The molecule has 0 heterocycles. The van der Waals surface area contributed by atoms with E-state index in [1.165, 1.54) is 14.7 Å². The number of hydrogen-bond acceptors (Lipinski definition) is 4. The summed E-state index contributed by atoms with van der Waals surface area (Å²) in [4.78, 5) is 15.6. The molecule has 0 aliphatic carbocycles. The van der Waals surface area contributed by atoms with Gasteiger partial charge in [0.1, 0.15) is 23.7 Å². The molecule has 4 aromatic rings. The van der Waals surface area contributed by atoms with Crippen LogP contribution < -0.4 is 9.47 Å². The molecule has 0 N–H and O–H groups in total. The summed E-state index contributed by atoms with van der Waals surface area (Å²) >= 11 is 0. The van der Waals surface area contributed by atoms with Gasteiger partial charge in [0.25, 0.3) is 0 Å². The molecule has 0 aromatic heterocycles. The van der Waals surface area contributed by atoms with Crippen molar-refractivity contribution in [2.45, 2.75) is 47.7 Å². The molecule has 0 saturated heterocycles. The first-order chi connectivity index (χ1) is 16.9. The third-order valence-corrected chi connectivity index (χ3v) is 7.17. The zero-order valence-corrected chi connectivity index (χ0v) is 21.0. The normalized spacial score (nSPS) is 11.2. The Morgan fingerprint density at radius 2 is 1.14 bits per heavy atom. The van der Waals surface area contributed by atoms with Crippen molar-refractivity contribution in [3.8, 4) is 11.5 Å². The molecule has 0 atom stereocenters. The minimum absolute atomic E-state index is 0.184. The van der Waals surface area contributed by atoms with Gasteiger partial charge in [-0.1, -0.05) is 48.5 Å². The molecule has 0 unspecified atom stereocenters. The first kappa shape index (κ1) is 24.4. The fourth-order valence-electron chi connectivity index (χ4n) is 3.38. The molecule has 0 aliphatic rings. The highest BCUT2D eigenvalue weighted by molar-refractivity contribution is 7.97. The van der Waals surface area contributed by atoms with Gasteiger partial charge >= 0.3 is 6.16 Å². The van der Waals surface area contributed by atoms with Crippen LogP contribution in [0.15, 0.2) is 124 Å². The molecule has 0 saturated carbocycles. The quantitative estimate of drug-likeness (QED) is 0.153. The first-order valence-electron chi connectivity index (χ1n) is 11.4. The van der Waals surface area contributed by atoms with Gasteiger partial charge in [0.15, 0.2) is 14.7 Å². The number of carbonyl (C=O) groups excluding carboxylic acids is 1. The summed E-state index contributed by atoms with van der Waals surface area (Å²) in [6, 6.07) is 36.6. The molecule has 4 rings (SSSR count). The largest absolute Gasteiger partial charge is 0.514 e. The predicted octanol–water partition coefficient (Wildman–Crippen LogP) is 7.67. The molecule has 0 bridgehead atoms. The second-order valence-electron chi connectivity index (χ2n) is 8.90. The van der Waals surface area contributed by atoms with Crippen LogP contribution in [0, 0.1) is 0 Å². The highest BCUT2D eigenvalue weighted by Gasteiger charge is 2.28. The lowest BCUT2D eigenvalue weighted by atomic mass is 10.2. The Labute approximate surface area is 209 Å². The molecule has 0 radical (unpaired) electrons. The fourth-order valence-corrected chi connectivity index (χ4v) is 5.46. The number of rotatable bonds is 7. The summed E-state index contributed by atoms with van der Waals surface area (Å²) in [6.07, 6.45) is -0.716. The Bertz CT molecular complexity index is 1180. The van der Waals surface area contributed by atoms with Crippen LogP contribution in [0.3, 0.4) is 0 Å². The van der Waals surface area contributed by atoms with Crippen molar-refractivity contribution in [2.24, 2.45) is 0 Å². The molecule has 0 spiro atoms. The van der Waals surface area contributed by atoms with E-state index in [4.69, 9.17) is 14.2 Å². The highest BCUT2D eigenvalue weighted by Crippen LogP contribution is 2.32. The third kappa shape index (κ3) is 7.14. The van der Waals surface area contributed by atoms with Gasteiger partial charge in [-0.2, -0.15) is 0 Å². The van der Waals surface area contributed by atoms with Crippen molar-refractivity contribution < 1.29 is 19.0 Å². The van der Waals surface area contributed by atoms with E-state index in [0.29, 0.717) is 12.4 Å². The van der Waals surface area contributed by atoms with Gasteiger partial charge in [-0.3, -0.25) is 0 Å². The third-order valence-electron chi connectivity index (χ3n) is 4.94. The van der Waals surface area contributed by atoms with Crippen molar-refractivity contribution >= 4 is 17.1 Å². The summed E-state index contributed by atoms with van der Waals surface area (Å²) in [5.74, 6) is 1.23. The summed E-state index contributed by atoms with van der Waals surface area (Å²) in [5.41, 5.74) is 0.377. The Morgan fingerprint density at radius 3 is 1.66 bits per heavy atom. The lowest BCUT2D eigenvalue weighted by Crippen LogP contribution is -2.25. The van der Waals surface area contributed by atoms with Crippen molar-refractivity contribution in [2.75, 3.05) is 0 Å². The van der Waals surface area contributed by atoms with Crippen LogP contribution in [0.1, 0.15) is 26.3 Å². The van der Waals surface area contributed by atoms with Crippen LogP contribution in [0.4, 0.5) is 4.79 Å². The van der Waals surface area contributed by atoms with E-state index in [1.807, 2.05) is 36.4 Å². The standard InChI is InChI=1S/C30H29O4S/c1-30(2,3)34-29(31)33-25-16-14-23(15-17-25)22-32-24-18-20-28(21-19-24)35(26-10-6-4-7-11-26)27-12-8-5-9-13-27/h4-21H,22H2,1-3H3/q+1. The van der Waals surface area contributed by atoms with Gasteiger partial charge in [0, 0.05) is 0 Å². The number of benzene rings is 4. The maximum Gasteiger partial charge on any atom is 0.514 e. The van der Waals surface area contributed by atoms with Gasteiger partial charge < -0.3 is 14.2 Å². The topological polar surface area (TPSA) is 44.8 Å². The number of ether oxygens (including phenoxy) is 3. The minimum atomic E-state index is -0.716. The van der Waals surface area contributed by atoms with Crippen molar-refractivity contribution in [1.82, 2.24) is 0 Å². The summed E-state index contributed by atoms with van der Waals surface area (Å²) in [5, 5.41) is 0. The van der Waals surface area contributed by atoms with Gasteiger partial charge in [-0.15, -0.1) is 0 Å². The van der Waals surface area contributed by atoms with Crippen molar-refractivity contribution in [3.05, 3.63) is 115 Å². The fraction of sp³-hybridized carbons (Fsp3) is 0.167. The summed E-state index contributed by atoms with van der Waals surface area (Å²) in [6.45, 7) is 5.80. The van der Waals surface area contributed by atoms with Crippen LogP contribution in [-0.4, -0.2) is 11.8 Å². The second kappa shape index (κ2) is 11.2. The molecule has 0 fully saturated rings. The Balaban J connectivity index is 1.40. The van der Waals surface area contributed by atoms with E-state index < -0.39 is 11.8 Å². The van der Waals surface area contributed by atoms with Crippen LogP contribution in [0.5, 0.6) is 11.5 Å². The monoisotopic (exact) mass is 485 g/mol. The van der Waals surface area contributed by atoms with E-state index in [9.17, 15) is 4.79 Å². The molecule has 4 nitrogen and oxygen atoms in total. The lowest BCUT2D eigenvalue weighted by molar-refractivity contribution is 0.0206. The van der Waals surface area contributed by atoms with E-state index in [0.717, 1.165) is 11.3 Å². The molecular weight excluding hydrogens is 456 g/mol. The predicted molar refractivity (Wildman–Crippen MR) is 139 cm³/mol. The van der Waals surface area contributed by atoms with Crippen molar-refractivity contribution in [3.63, 3.8) is 0 Å². The molecule has 4 aromatic carbocycles. The van der Waals surface area contributed by atoms with Gasteiger partial charge in [-0.25, -0.2) is 4.79 Å². The Kier molecular flexibility index (Phi) is 7.78. The van der Waals surface area contributed by atoms with Gasteiger partial charge in [-0.05, 0) is 87.0 Å². The number of carbonyl (C=O) groups is 1. The maximum atomic E-state index is 11.8. The van der Waals surface area contributed by atoms with E-state index >= 15 is 0 Å². The molecule has 5 heteroatoms. The number of hydrogen-bond donors (Lipinski definition) is 0.